The summed E-state index contributed by atoms with van der Waals surface area (Å²) in [5.74, 6) is 0. The predicted octanol–water partition coefficient (Wildman–Crippen LogP) is 25.9. The van der Waals surface area contributed by atoms with E-state index in [9.17, 15) is 0 Å². The van der Waals surface area contributed by atoms with Crippen LogP contribution in [0.5, 0.6) is 0 Å². The molecule has 10 aromatic heterocycles. The molecule has 0 aliphatic rings. The number of thiophene rings is 3. The summed E-state index contributed by atoms with van der Waals surface area (Å²) in [6.45, 7) is 21.0. The van der Waals surface area contributed by atoms with Gasteiger partial charge in [-0.25, -0.2) is 39.9 Å². The maximum Gasteiger partial charge on any atom is 0.233 e. The van der Waals surface area contributed by atoms with Gasteiger partial charge in [-0.2, -0.15) is 0 Å². The van der Waals surface area contributed by atoms with Crippen LogP contribution in [0.2, 0.25) is 0 Å². The number of anilines is 3. The average molecular weight is 1540 g/mol. The number of benzene rings is 5. The lowest BCUT2D eigenvalue weighted by Gasteiger charge is -2.20. The molecule has 0 fully saturated rings. The molecule has 104 heavy (non-hydrogen) atoms. The summed E-state index contributed by atoms with van der Waals surface area (Å²) in [5, 5.41) is 38.7. The van der Waals surface area contributed by atoms with Crippen molar-refractivity contribution < 1.29 is 0 Å². The minimum Gasteiger partial charge on any atom is -0.372 e. The fourth-order valence-electron chi connectivity index (χ4n) is 10.5. The Bertz CT molecular complexity index is 5330. The number of para-hydroxylation sites is 1. The number of aryl methyl sites for hydroxylation is 1. The van der Waals surface area contributed by atoms with Crippen LogP contribution in [0.4, 0.5) is 76.3 Å². The minimum atomic E-state index is 0.591. The third kappa shape index (κ3) is 19.2. The molecule has 0 N–H and O–H groups in total. The summed E-state index contributed by atoms with van der Waals surface area (Å²) in [7, 11) is 0. The minimum absolute atomic E-state index is 0.591. The SMILES string of the molecule is CCCCc1ccc(N=Nc2nc3sc(N=Cc4cc5sc(N=Nc6ccc(N(CC)CC)cc6)nc5s4)nc3s2)cc1.CCN(CC)c1ccc(N=Nc2nc3sc(C=Nc4ccncc4)cc3s2)cc1.CCN(CC)c1ccc(N=Nc2nc3sc(C=Nc4nc5ccccc5s4)cc3s2)cc1. The fourth-order valence-corrected chi connectivity index (χ4v) is 18.7. The highest BCUT2D eigenvalue weighted by atomic mass is 32.1. The summed E-state index contributed by atoms with van der Waals surface area (Å²) < 4.78 is 4.39. The number of unbranched alkanes of at least 4 members (excludes halogenated alkanes) is 1. The van der Waals surface area contributed by atoms with E-state index in [-0.39, 0.29) is 0 Å². The van der Waals surface area contributed by atoms with Crippen LogP contribution in [-0.4, -0.2) is 92.8 Å². The first kappa shape index (κ1) is 72.6. The van der Waals surface area contributed by atoms with Crippen molar-refractivity contribution in [2.24, 2.45) is 55.9 Å². The molecule has 15 rings (SSSR count). The highest BCUT2D eigenvalue weighted by Gasteiger charge is 2.15. The van der Waals surface area contributed by atoms with Crippen LogP contribution in [0, 0.1) is 0 Å². The Kier molecular flexibility index (Phi) is 24.9. The van der Waals surface area contributed by atoms with Crippen LogP contribution >= 0.6 is 102 Å². The van der Waals surface area contributed by atoms with E-state index < -0.39 is 0 Å². The average Bonchev–Trinajstić information content (AvgIpc) is 1.67. The lowest BCUT2D eigenvalue weighted by molar-refractivity contribution is 0.795. The van der Waals surface area contributed by atoms with E-state index >= 15 is 0 Å². The molecular weight excluding hydrogens is 1470 g/mol. The maximum atomic E-state index is 4.63. The van der Waals surface area contributed by atoms with Gasteiger partial charge in [0.1, 0.15) is 14.5 Å². The standard InChI is InChI=1S/C30H29N9S4.C23H20N6S3.C21H20N6S2/c1-4-7-8-19-9-11-20(12-10-19)35-38-30-34-27-26(43-30)33-28(42-27)31-18-23-17-24-25(40-23)32-29(41-24)37-36-21-13-15-22(16-14-21)39(5-2)6-3;1-3-29(4-2)16-11-9-15(10-12-16)27-28-23-26-21-20(32-23)13-17(30-21)14-24-22-25-18-7-5-6-8-19(18)31-22;1-3-27(4-2)17-7-5-16(6-8-17)25-26-21-24-20-19(29-21)13-18(28-20)14-23-15-9-11-22-12-10-15/h9-18H,4-8H2,1-3H3;5-14H,3-4H2,1-2H3;5-14H,3-4H2,1-2H3. The first-order valence-corrected chi connectivity index (χ1v) is 41.1. The summed E-state index contributed by atoms with van der Waals surface area (Å²) in [6.07, 6.45) is 12.5. The normalized spacial score (nSPS) is 12.1. The lowest BCUT2D eigenvalue weighted by Crippen LogP contribution is -2.21. The van der Waals surface area contributed by atoms with E-state index in [2.05, 4.69) is 227 Å². The third-order valence-electron chi connectivity index (χ3n) is 15.8. The van der Waals surface area contributed by atoms with Crippen molar-refractivity contribution in [3.63, 3.8) is 0 Å². The Morgan fingerprint density at radius 2 is 0.673 bits per heavy atom. The van der Waals surface area contributed by atoms with Gasteiger partial charge in [0.15, 0.2) is 9.66 Å². The number of hydrogen-bond donors (Lipinski definition) is 0. The van der Waals surface area contributed by atoms with Gasteiger partial charge in [-0.3, -0.25) is 9.98 Å². The fraction of sp³-hybridized carbons (Fsp3) is 0.216. The number of thiazole rings is 6. The van der Waals surface area contributed by atoms with Gasteiger partial charge in [0, 0.05) is 102 Å². The van der Waals surface area contributed by atoms with Gasteiger partial charge in [0.05, 0.1) is 52.8 Å². The van der Waals surface area contributed by atoms with E-state index in [1.54, 1.807) is 57.7 Å². The van der Waals surface area contributed by atoms with Crippen molar-refractivity contribution in [2.75, 3.05) is 54.0 Å². The molecule has 21 nitrogen and oxygen atoms in total. The molecule has 0 amide bonds. The van der Waals surface area contributed by atoms with Gasteiger partial charge in [0.25, 0.3) is 0 Å². The van der Waals surface area contributed by atoms with E-state index in [0.717, 1.165) is 142 Å². The maximum absolute atomic E-state index is 4.63. The van der Waals surface area contributed by atoms with E-state index in [0.29, 0.717) is 25.7 Å². The number of aliphatic imine (C=N–C) groups is 3. The zero-order valence-corrected chi connectivity index (χ0v) is 65.1. The highest BCUT2D eigenvalue weighted by molar-refractivity contribution is 7.31. The molecule has 5 aromatic carbocycles. The van der Waals surface area contributed by atoms with Gasteiger partial charge >= 0.3 is 0 Å². The molecule has 0 radical (unpaired) electrons. The molecule has 15 aromatic rings. The van der Waals surface area contributed by atoms with Gasteiger partial charge in [0.2, 0.25) is 30.8 Å². The van der Waals surface area contributed by atoms with Crippen LogP contribution in [0.1, 0.15) is 81.5 Å². The largest absolute Gasteiger partial charge is 0.372 e. The Morgan fingerprint density at radius 1 is 0.317 bits per heavy atom. The molecule has 0 spiro atoms. The van der Waals surface area contributed by atoms with Crippen molar-refractivity contribution >= 4 is 245 Å². The Labute approximate surface area is 636 Å². The smallest absolute Gasteiger partial charge is 0.233 e. The summed E-state index contributed by atoms with van der Waals surface area (Å²) >= 11 is 13.8. The zero-order valence-electron chi connectivity index (χ0n) is 57.8. The second-order valence-corrected chi connectivity index (χ2v) is 31.8. The van der Waals surface area contributed by atoms with E-state index in [1.165, 1.54) is 92.2 Å². The molecular formula is C74H69N21S9. The van der Waals surface area contributed by atoms with Gasteiger partial charge in [-0.1, -0.05) is 106 Å². The molecule has 10 heterocycles. The number of nitrogens with zero attached hydrogens (tertiary/aromatic N) is 21. The van der Waals surface area contributed by atoms with Crippen molar-refractivity contribution in [3.8, 4) is 0 Å². The van der Waals surface area contributed by atoms with Crippen LogP contribution in [0.3, 0.4) is 0 Å². The summed E-state index contributed by atoms with van der Waals surface area (Å²) in [4.78, 5) is 59.6. The zero-order chi connectivity index (χ0) is 71.6. The van der Waals surface area contributed by atoms with Crippen molar-refractivity contribution in [3.05, 3.63) is 184 Å². The second kappa shape index (κ2) is 35.6. The van der Waals surface area contributed by atoms with Crippen LogP contribution in [0.25, 0.3) is 48.5 Å². The van der Waals surface area contributed by atoms with E-state index in [4.69, 9.17) is 0 Å². The Hall–Kier alpha value is -9.76. The molecule has 0 atom stereocenters. The van der Waals surface area contributed by atoms with Crippen LogP contribution in [0.15, 0.2) is 220 Å². The number of azo groups is 4. The van der Waals surface area contributed by atoms with Gasteiger partial charge < -0.3 is 14.7 Å². The molecule has 0 unspecified atom stereocenters. The molecule has 0 saturated heterocycles. The van der Waals surface area contributed by atoms with Crippen molar-refractivity contribution in [1.82, 2.24) is 34.9 Å². The number of hydrogen-bond acceptors (Lipinski definition) is 30. The topological polar surface area (TPSA) is 236 Å². The first-order valence-electron chi connectivity index (χ1n) is 33.7. The van der Waals surface area contributed by atoms with Crippen LogP contribution in [-0.2, 0) is 6.42 Å². The summed E-state index contributed by atoms with van der Waals surface area (Å²) in [5.41, 5.74) is 10.0. The molecule has 0 aliphatic carbocycles. The number of pyridine rings is 1. The molecule has 0 aliphatic heterocycles. The second-order valence-electron chi connectivity index (χ2n) is 22.6. The van der Waals surface area contributed by atoms with Crippen LogP contribution < -0.4 is 14.7 Å². The number of aromatic nitrogens is 7. The van der Waals surface area contributed by atoms with Crippen molar-refractivity contribution in [1.29, 1.82) is 0 Å². The Balaban J connectivity index is 0.000000142. The molecule has 30 heteroatoms. The predicted molar refractivity (Wildman–Crippen MR) is 445 cm³/mol. The highest BCUT2D eigenvalue weighted by Crippen LogP contribution is 2.40. The lowest BCUT2D eigenvalue weighted by atomic mass is 10.1. The number of rotatable bonds is 26. The molecule has 0 bridgehead atoms. The van der Waals surface area contributed by atoms with Gasteiger partial charge in [-0.05, 0) is 187 Å². The van der Waals surface area contributed by atoms with Gasteiger partial charge in [-0.15, -0.1) is 74.9 Å². The molecule has 524 valence electrons. The third-order valence-corrected chi connectivity index (χ3v) is 24.5. The quantitative estimate of drug-likeness (QED) is 0.0367. The monoisotopic (exact) mass is 1540 g/mol. The van der Waals surface area contributed by atoms with E-state index in [1.807, 2.05) is 97.5 Å². The number of fused-ring (bicyclic) bond motifs is 5. The van der Waals surface area contributed by atoms with Crippen molar-refractivity contribution in [2.45, 2.75) is 67.7 Å². The Morgan fingerprint density at radius 3 is 1.08 bits per heavy atom. The first-order chi connectivity index (χ1) is 51.1. The molecule has 0 saturated carbocycles. The summed E-state index contributed by atoms with van der Waals surface area (Å²) in [6, 6.07) is 50.7.